The first kappa shape index (κ1) is 15.3. The third-order valence-corrected chi connectivity index (χ3v) is 3.28. The summed E-state index contributed by atoms with van der Waals surface area (Å²) in [7, 11) is 0. The topological polar surface area (TPSA) is 26.3 Å². The summed E-state index contributed by atoms with van der Waals surface area (Å²) in [5.41, 5.74) is 3.09. The summed E-state index contributed by atoms with van der Waals surface area (Å²) in [6, 6.07) is 15.7. The molecule has 21 heavy (non-hydrogen) atoms. The van der Waals surface area contributed by atoms with Crippen LogP contribution in [0.15, 0.2) is 48.5 Å². The molecule has 0 N–H and O–H groups in total. The molecule has 0 atom stereocenters. The van der Waals surface area contributed by atoms with Crippen molar-refractivity contribution < 1.29 is 9.53 Å². The first-order valence-electron chi connectivity index (χ1n) is 7.40. The first-order valence-corrected chi connectivity index (χ1v) is 7.40. The minimum Gasteiger partial charge on any atom is -0.491 e. The highest BCUT2D eigenvalue weighted by Gasteiger charge is 2.06. The maximum atomic E-state index is 12.2. The normalized spacial score (nSPS) is 10.7. The molecule has 0 unspecified atom stereocenters. The van der Waals surface area contributed by atoms with E-state index in [1.807, 2.05) is 69.3 Å². The van der Waals surface area contributed by atoms with Crippen LogP contribution < -0.4 is 4.74 Å². The van der Waals surface area contributed by atoms with Crippen LogP contribution in [0.25, 0.3) is 0 Å². The van der Waals surface area contributed by atoms with Crippen molar-refractivity contribution in [3.8, 4) is 5.75 Å². The lowest BCUT2D eigenvalue weighted by molar-refractivity contribution is 0.0982. The van der Waals surface area contributed by atoms with E-state index >= 15 is 0 Å². The largest absolute Gasteiger partial charge is 0.491 e. The lowest BCUT2D eigenvalue weighted by atomic mass is 10.0. The number of benzene rings is 2. The molecule has 2 aromatic rings. The predicted octanol–water partition coefficient (Wildman–Crippen LogP) is 4.60. The van der Waals surface area contributed by atoms with Crippen LogP contribution in [0.2, 0.25) is 0 Å². The molecule has 2 aromatic carbocycles. The van der Waals surface area contributed by atoms with Crippen LogP contribution in [-0.2, 0) is 6.42 Å². The second kappa shape index (κ2) is 7.07. The summed E-state index contributed by atoms with van der Waals surface area (Å²) in [6.07, 6.45) is 1.42. The number of hydrogen-bond donors (Lipinski definition) is 0. The van der Waals surface area contributed by atoms with Gasteiger partial charge in [-0.25, -0.2) is 0 Å². The van der Waals surface area contributed by atoms with E-state index in [0.717, 1.165) is 23.3 Å². The summed E-state index contributed by atoms with van der Waals surface area (Å²) in [6.45, 7) is 6.04. The fourth-order valence-corrected chi connectivity index (χ4v) is 2.19. The van der Waals surface area contributed by atoms with Crippen LogP contribution in [-0.4, -0.2) is 11.9 Å². The van der Waals surface area contributed by atoms with Crippen molar-refractivity contribution in [3.63, 3.8) is 0 Å². The van der Waals surface area contributed by atoms with Gasteiger partial charge in [0.1, 0.15) is 5.75 Å². The van der Waals surface area contributed by atoms with Crippen molar-refractivity contribution in [3.05, 3.63) is 65.2 Å². The lowest BCUT2D eigenvalue weighted by Gasteiger charge is -2.10. The second-order valence-electron chi connectivity index (χ2n) is 5.60. The van der Waals surface area contributed by atoms with Crippen molar-refractivity contribution in [1.29, 1.82) is 0 Å². The van der Waals surface area contributed by atoms with Crippen LogP contribution in [0.4, 0.5) is 0 Å². The number of rotatable bonds is 6. The molecular weight excluding hydrogens is 260 g/mol. The highest BCUT2D eigenvalue weighted by atomic mass is 16.5. The Bertz CT molecular complexity index is 597. The molecule has 0 amide bonds. The van der Waals surface area contributed by atoms with Gasteiger partial charge in [0.15, 0.2) is 5.78 Å². The minimum atomic E-state index is 0.162. The van der Waals surface area contributed by atoms with Crippen molar-refractivity contribution in [2.75, 3.05) is 0 Å². The second-order valence-corrected chi connectivity index (χ2v) is 5.60. The van der Waals surface area contributed by atoms with E-state index < -0.39 is 0 Å². The summed E-state index contributed by atoms with van der Waals surface area (Å²) in [5.74, 6) is 1.05. The standard InChI is InChI=1S/C19H22O2/c1-14(2)21-18-6-4-5-16(13-18)9-12-19(20)17-10-7-15(3)8-11-17/h4-8,10-11,13-14H,9,12H2,1-3H3. The van der Waals surface area contributed by atoms with Gasteiger partial charge in [0.2, 0.25) is 0 Å². The number of carbonyl (C=O) groups is 1. The summed E-state index contributed by atoms with van der Waals surface area (Å²) >= 11 is 0. The average molecular weight is 282 g/mol. The van der Waals surface area contributed by atoms with Crippen LogP contribution in [0.3, 0.4) is 0 Å². The van der Waals surface area contributed by atoms with Crippen molar-refractivity contribution in [2.45, 2.75) is 39.7 Å². The monoisotopic (exact) mass is 282 g/mol. The zero-order chi connectivity index (χ0) is 15.2. The number of Topliss-reactive ketones (excluding diaryl/α,β-unsaturated/α-hetero) is 1. The zero-order valence-electron chi connectivity index (χ0n) is 12.9. The van der Waals surface area contributed by atoms with Gasteiger partial charge in [-0.15, -0.1) is 0 Å². The first-order chi connectivity index (χ1) is 10.0. The Hall–Kier alpha value is -2.09. The van der Waals surface area contributed by atoms with Crippen molar-refractivity contribution in [2.24, 2.45) is 0 Å². The van der Waals surface area contributed by atoms with Crippen molar-refractivity contribution >= 4 is 5.78 Å². The maximum absolute atomic E-state index is 12.2. The molecule has 2 rings (SSSR count). The molecule has 0 radical (unpaired) electrons. The molecule has 0 aliphatic rings. The third kappa shape index (κ3) is 4.75. The smallest absolute Gasteiger partial charge is 0.163 e. The third-order valence-electron chi connectivity index (χ3n) is 3.28. The summed E-state index contributed by atoms with van der Waals surface area (Å²) < 4.78 is 5.67. The number of hydrogen-bond acceptors (Lipinski definition) is 2. The number of carbonyl (C=O) groups excluding carboxylic acids is 1. The average Bonchev–Trinajstić information content (AvgIpc) is 2.45. The fraction of sp³-hybridized carbons (Fsp3) is 0.316. The summed E-state index contributed by atoms with van der Waals surface area (Å²) in [4.78, 5) is 12.2. The Morgan fingerprint density at radius 1 is 1.10 bits per heavy atom. The Kier molecular flexibility index (Phi) is 5.15. The fourth-order valence-electron chi connectivity index (χ4n) is 2.19. The SMILES string of the molecule is Cc1ccc(C(=O)CCc2cccc(OC(C)C)c2)cc1. The summed E-state index contributed by atoms with van der Waals surface area (Å²) in [5, 5.41) is 0. The van der Waals surface area contributed by atoms with Crippen LogP contribution in [0.1, 0.15) is 41.8 Å². The molecular formula is C19H22O2. The van der Waals surface area contributed by atoms with E-state index in [1.165, 1.54) is 5.56 Å². The van der Waals surface area contributed by atoms with Gasteiger partial charge in [-0.1, -0.05) is 42.0 Å². The van der Waals surface area contributed by atoms with Crippen LogP contribution >= 0.6 is 0 Å². The quantitative estimate of drug-likeness (QED) is 0.724. The molecule has 0 saturated heterocycles. The Balaban J connectivity index is 1.96. The molecule has 0 bridgehead atoms. The number of ketones is 1. The lowest BCUT2D eigenvalue weighted by Crippen LogP contribution is -2.06. The minimum absolute atomic E-state index is 0.162. The van der Waals surface area contributed by atoms with E-state index in [-0.39, 0.29) is 11.9 Å². The molecule has 2 heteroatoms. The zero-order valence-corrected chi connectivity index (χ0v) is 12.9. The van der Waals surface area contributed by atoms with E-state index in [4.69, 9.17) is 4.74 Å². The number of ether oxygens (including phenoxy) is 1. The highest BCUT2D eigenvalue weighted by molar-refractivity contribution is 5.96. The molecule has 0 fully saturated rings. The van der Waals surface area contributed by atoms with E-state index in [2.05, 4.69) is 0 Å². The van der Waals surface area contributed by atoms with Gasteiger partial charge in [0.05, 0.1) is 6.10 Å². The van der Waals surface area contributed by atoms with E-state index in [0.29, 0.717) is 6.42 Å². The molecule has 110 valence electrons. The maximum Gasteiger partial charge on any atom is 0.163 e. The van der Waals surface area contributed by atoms with Gasteiger partial charge >= 0.3 is 0 Å². The van der Waals surface area contributed by atoms with Gasteiger partial charge in [-0.2, -0.15) is 0 Å². The van der Waals surface area contributed by atoms with Gasteiger partial charge < -0.3 is 4.74 Å². The molecule has 0 saturated carbocycles. The van der Waals surface area contributed by atoms with E-state index in [1.54, 1.807) is 0 Å². The Morgan fingerprint density at radius 2 is 1.81 bits per heavy atom. The van der Waals surface area contributed by atoms with Crippen LogP contribution in [0.5, 0.6) is 5.75 Å². The van der Waals surface area contributed by atoms with Crippen molar-refractivity contribution in [1.82, 2.24) is 0 Å². The molecule has 0 aliphatic heterocycles. The van der Waals surface area contributed by atoms with Gasteiger partial charge in [-0.3, -0.25) is 4.79 Å². The van der Waals surface area contributed by atoms with Crippen LogP contribution in [0, 0.1) is 6.92 Å². The van der Waals surface area contributed by atoms with Gasteiger partial charge in [-0.05, 0) is 44.9 Å². The molecule has 0 aromatic heterocycles. The number of aryl methyl sites for hydroxylation is 2. The molecule has 0 spiro atoms. The van der Waals surface area contributed by atoms with E-state index in [9.17, 15) is 4.79 Å². The predicted molar refractivity (Wildman–Crippen MR) is 86.0 cm³/mol. The highest BCUT2D eigenvalue weighted by Crippen LogP contribution is 2.17. The molecule has 0 aliphatic carbocycles. The van der Waals surface area contributed by atoms with Gasteiger partial charge in [0.25, 0.3) is 0 Å². The molecule has 2 nitrogen and oxygen atoms in total. The Morgan fingerprint density at radius 3 is 2.48 bits per heavy atom. The Labute approximate surface area is 126 Å². The molecule has 0 heterocycles. The van der Waals surface area contributed by atoms with Gasteiger partial charge in [0, 0.05) is 12.0 Å².